The molecule has 1 aromatic rings. The second-order valence-electron chi connectivity index (χ2n) is 2.69. The smallest absolute Gasteiger partial charge is 0.252 e. The van der Waals surface area contributed by atoms with E-state index in [0.717, 1.165) is 11.3 Å². The maximum Gasteiger partial charge on any atom is 0.252 e. The normalized spacial score (nSPS) is 9.83. The van der Waals surface area contributed by atoms with Gasteiger partial charge in [0.2, 0.25) is 0 Å². The SMILES string of the molecule is Cc1cc(C(N)=O)c(N)nc1C. The topological polar surface area (TPSA) is 82.0 Å². The monoisotopic (exact) mass is 165 g/mol. The zero-order valence-electron chi connectivity index (χ0n) is 7.09. The molecule has 1 aromatic heterocycles. The molecule has 0 aliphatic rings. The molecule has 0 atom stereocenters. The van der Waals surface area contributed by atoms with Crippen molar-refractivity contribution in [3.05, 3.63) is 22.9 Å². The predicted molar refractivity (Wildman–Crippen MR) is 46.6 cm³/mol. The van der Waals surface area contributed by atoms with Crippen LogP contribution in [0.1, 0.15) is 21.6 Å². The molecule has 1 rings (SSSR count). The van der Waals surface area contributed by atoms with E-state index in [9.17, 15) is 4.79 Å². The van der Waals surface area contributed by atoms with Gasteiger partial charge in [0, 0.05) is 5.69 Å². The summed E-state index contributed by atoms with van der Waals surface area (Å²) in [6, 6.07) is 1.65. The molecule has 0 spiro atoms. The van der Waals surface area contributed by atoms with Crippen molar-refractivity contribution < 1.29 is 4.79 Å². The fourth-order valence-corrected chi connectivity index (χ4v) is 0.921. The van der Waals surface area contributed by atoms with Crippen molar-refractivity contribution in [2.45, 2.75) is 13.8 Å². The van der Waals surface area contributed by atoms with E-state index in [1.807, 2.05) is 13.8 Å². The number of carbonyl (C=O) groups is 1. The van der Waals surface area contributed by atoms with Crippen LogP contribution in [0.3, 0.4) is 0 Å². The Morgan fingerprint density at radius 2 is 2.08 bits per heavy atom. The van der Waals surface area contributed by atoms with Crippen LogP contribution in [0.4, 0.5) is 5.82 Å². The highest BCUT2D eigenvalue weighted by molar-refractivity contribution is 5.97. The maximum atomic E-state index is 10.8. The number of anilines is 1. The Hall–Kier alpha value is -1.58. The van der Waals surface area contributed by atoms with E-state index < -0.39 is 5.91 Å². The number of carbonyl (C=O) groups excluding carboxylic acids is 1. The Balaban J connectivity index is 3.33. The molecule has 0 aliphatic heterocycles. The standard InChI is InChI=1S/C8H11N3O/c1-4-3-6(8(10)12)7(9)11-5(4)2/h3H,1-2H3,(H2,9,11)(H2,10,12). The Labute approximate surface area is 70.6 Å². The average molecular weight is 165 g/mol. The van der Waals surface area contributed by atoms with E-state index in [1.54, 1.807) is 6.07 Å². The van der Waals surface area contributed by atoms with Crippen molar-refractivity contribution in [3.63, 3.8) is 0 Å². The third-order valence-electron chi connectivity index (χ3n) is 1.76. The highest BCUT2D eigenvalue weighted by Gasteiger charge is 2.08. The molecule has 1 heterocycles. The fraction of sp³-hybridized carbons (Fsp3) is 0.250. The minimum absolute atomic E-state index is 0.200. The first-order chi connectivity index (χ1) is 5.52. The largest absolute Gasteiger partial charge is 0.383 e. The summed E-state index contributed by atoms with van der Waals surface area (Å²) in [7, 11) is 0. The number of hydrogen-bond donors (Lipinski definition) is 2. The van der Waals surface area contributed by atoms with Crippen molar-refractivity contribution in [1.82, 2.24) is 4.98 Å². The van der Waals surface area contributed by atoms with Crippen LogP contribution in [0.2, 0.25) is 0 Å². The molecule has 12 heavy (non-hydrogen) atoms. The molecular formula is C8H11N3O. The van der Waals surface area contributed by atoms with Gasteiger partial charge in [-0.25, -0.2) is 4.98 Å². The van der Waals surface area contributed by atoms with Gasteiger partial charge in [-0.2, -0.15) is 0 Å². The lowest BCUT2D eigenvalue weighted by atomic mass is 10.1. The minimum Gasteiger partial charge on any atom is -0.383 e. The molecule has 4 heteroatoms. The quantitative estimate of drug-likeness (QED) is 0.631. The van der Waals surface area contributed by atoms with Crippen molar-refractivity contribution in [2.75, 3.05) is 5.73 Å². The summed E-state index contributed by atoms with van der Waals surface area (Å²) >= 11 is 0. The average Bonchev–Trinajstić information content (AvgIpc) is 1.96. The van der Waals surface area contributed by atoms with Gasteiger partial charge in [0.05, 0.1) is 5.56 Å². The number of nitrogens with two attached hydrogens (primary N) is 2. The third-order valence-corrected chi connectivity index (χ3v) is 1.76. The van der Waals surface area contributed by atoms with Crippen LogP contribution in [0.25, 0.3) is 0 Å². The van der Waals surface area contributed by atoms with Gasteiger partial charge in [0.25, 0.3) is 5.91 Å². The predicted octanol–water partition coefficient (Wildman–Crippen LogP) is 0.380. The zero-order valence-corrected chi connectivity index (χ0v) is 7.09. The lowest BCUT2D eigenvalue weighted by Gasteiger charge is -2.04. The number of amides is 1. The summed E-state index contributed by atoms with van der Waals surface area (Å²) in [5.74, 6) is -0.339. The molecule has 0 unspecified atom stereocenters. The van der Waals surface area contributed by atoms with E-state index in [-0.39, 0.29) is 11.4 Å². The lowest BCUT2D eigenvalue weighted by molar-refractivity contribution is 0.100. The van der Waals surface area contributed by atoms with Gasteiger partial charge in [-0.3, -0.25) is 4.79 Å². The van der Waals surface area contributed by atoms with Crippen LogP contribution in [0.15, 0.2) is 6.07 Å². The van der Waals surface area contributed by atoms with Gasteiger partial charge < -0.3 is 11.5 Å². The summed E-state index contributed by atoms with van der Waals surface area (Å²) in [5, 5.41) is 0. The summed E-state index contributed by atoms with van der Waals surface area (Å²) in [6.45, 7) is 3.69. The molecule has 0 bridgehead atoms. The first kappa shape index (κ1) is 8.52. The lowest BCUT2D eigenvalue weighted by Crippen LogP contribution is -2.15. The van der Waals surface area contributed by atoms with Crippen molar-refractivity contribution in [3.8, 4) is 0 Å². The zero-order chi connectivity index (χ0) is 9.30. The molecule has 0 aromatic carbocycles. The summed E-state index contributed by atoms with van der Waals surface area (Å²) in [4.78, 5) is 14.8. The number of rotatable bonds is 1. The molecule has 0 aliphatic carbocycles. The van der Waals surface area contributed by atoms with Gasteiger partial charge in [0.15, 0.2) is 0 Å². The molecule has 0 radical (unpaired) electrons. The Bertz CT molecular complexity index is 333. The van der Waals surface area contributed by atoms with Gasteiger partial charge in [0.1, 0.15) is 5.82 Å². The van der Waals surface area contributed by atoms with Gasteiger partial charge >= 0.3 is 0 Å². The minimum atomic E-state index is -0.539. The van der Waals surface area contributed by atoms with Gasteiger partial charge in [-0.1, -0.05) is 0 Å². The summed E-state index contributed by atoms with van der Waals surface area (Å²) in [5.41, 5.74) is 12.6. The maximum absolute atomic E-state index is 10.8. The highest BCUT2D eigenvalue weighted by Crippen LogP contribution is 2.12. The molecule has 64 valence electrons. The van der Waals surface area contributed by atoms with E-state index in [1.165, 1.54) is 0 Å². The molecule has 0 saturated heterocycles. The van der Waals surface area contributed by atoms with Crippen molar-refractivity contribution in [2.24, 2.45) is 5.73 Å². The Kier molecular flexibility index (Phi) is 1.99. The number of primary amides is 1. The van der Waals surface area contributed by atoms with E-state index >= 15 is 0 Å². The molecule has 1 amide bonds. The molecular weight excluding hydrogens is 154 g/mol. The highest BCUT2D eigenvalue weighted by atomic mass is 16.1. The van der Waals surface area contributed by atoms with Crippen LogP contribution in [-0.2, 0) is 0 Å². The molecule has 4 nitrogen and oxygen atoms in total. The fourth-order valence-electron chi connectivity index (χ4n) is 0.921. The van der Waals surface area contributed by atoms with Crippen molar-refractivity contribution >= 4 is 11.7 Å². The van der Waals surface area contributed by atoms with Crippen LogP contribution in [-0.4, -0.2) is 10.9 Å². The van der Waals surface area contributed by atoms with Crippen LogP contribution >= 0.6 is 0 Å². The third kappa shape index (κ3) is 1.37. The first-order valence-electron chi connectivity index (χ1n) is 3.56. The molecule has 0 fully saturated rings. The number of hydrogen-bond acceptors (Lipinski definition) is 3. The van der Waals surface area contributed by atoms with E-state index in [2.05, 4.69) is 4.98 Å². The second-order valence-corrected chi connectivity index (χ2v) is 2.69. The number of nitrogens with zero attached hydrogens (tertiary/aromatic N) is 1. The molecule has 4 N–H and O–H groups in total. The summed E-state index contributed by atoms with van der Waals surface area (Å²) in [6.07, 6.45) is 0. The summed E-state index contributed by atoms with van der Waals surface area (Å²) < 4.78 is 0. The Morgan fingerprint density at radius 3 is 2.58 bits per heavy atom. The number of aromatic nitrogens is 1. The second kappa shape index (κ2) is 2.81. The molecule has 0 saturated carbocycles. The van der Waals surface area contributed by atoms with Crippen LogP contribution < -0.4 is 11.5 Å². The number of nitrogen functional groups attached to an aromatic ring is 1. The first-order valence-corrected chi connectivity index (χ1v) is 3.56. The number of pyridine rings is 1. The van der Waals surface area contributed by atoms with Crippen LogP contribution in [0.5, 0.6) is 0 Å². The Morgan fingerprint density at radius 1 is 1.50 bits per heavy atom. The van der Waals surface area contributed by atoms with E-state index in [4.69, 9.17) is 11.5 Å². The van der Waals surface area contributed by atoms with Gasteiger partial charge in [-0.15, -0.1) is 0 Å². The van der Waals surface area contributed by atoms with E-state index in [0.29, 0.717) is 0 Å². The number of aryl methyl sites for hydroxylation is 2. The van der Waals surface area contributed by atoms with Crippen LogP contribution in [0, 0.1) is 13.8 Å². The van der Waals surface area contributed by atoms with Crippen molar-refractivity contribution in [1.29, 1.82) is 0 Å². The van der Waals surface area contributed by atoms with Gasteiger partial charge in [-0.05, 0) is 25.5 Å².